The third-order valence-corrected chi connectivity index (χ3v) is 2.26. The summed E-state index contributed by atoms with van der Waals surface area (Å²) in [6.07, 6.45) is 1.48. The molecule has 88 valence electrons. The van der Waals surface area contributed by atoms with E-state index >= 15 is 0 Å². The first kappa shape index (κ1) is 11.0. The molecule has 1 aromatic carbocycles. The maximum atomic E-state index is 11.2. The summed E-state index contributed by atoms with van der Waals surface area (Å²) < 4.78 is 4.70. The van der Waals surface area contributed by atoms with Crippen LogP contribution in [0, 0.1) is 0 Å². The molecular weight excluding hydrogens is 220 g/mol. The van der Waals surface area contributed by atoms with E-state index < -0.39 is 5.91 Å². The number of hydrogen-bond acceptors (Lipinski definition) is 5. The quantitative estimate of drug-likeness (QED) is 0.681. The minimum Gasteiger partial charge on any atom is -0.399 e. The molecule has 2 aromatic rings. The maximum absolute atomic E-state index is 11.2. The molecule has 1 amide bonds. The molecule has 1 heterocycles. The molecule has 0 atom stereocenters. The van der Waals surface area contributed by atoms with Crippen molar-refractivity contribution < 1.29 is 9.32 Å². The van der Waals surface area contributed by atoms with Crippen molar-refractivity contribution in [2.24, 2.45) is 5.73 Å². The number of aromatic nitrogens is 1. The van der Waals surface area contributed by atoms with Gasteiger partial charge >= 0.3 is 0 Å². The second-order valence-electron chi connectivity index (χ2n) is 3.51. The highest BCUT2D eigenvalue weighted by atomic mass is 16.5. The summed E-state index contributed by atoms with van der Waals surface area (Å²) in [5.41, 5.74) is 13.2. The lowest BCUT2D eigenvalue weighted by Gasteiger charge is -2.09. The number of benzene rings is 1. The van der Waals surface area contributed by atoms with Gasteiger partial charge in [0.05, 0.1) is 12.1 Å². The lowest BCUT2D eigenvalue weighted by Crippen LogP contribution is -2.14. The van der Waals surface area contributed by atoms with E-state index in [-0.39, 0.29) is 0 Å². The van der Waals surface area contributed by atoms with E-state index in [2.05, 4.69) is 10.5 Å². The lowest BCUT2D eigenvalue weighted by molar-refractivity contribution is 0.100. The fourth-order valence-corrected chi connectivity index (χ4v) is 1.44. The summed E-state index contributed by atoms with van der Waals surface area (Å²) in [7, 11) is 0. The normalized spacial score (nSPS) is 10.1. The van der Waals surface area contributed by atoms with Crippen LogP contribution >= 0.6 is 0 Å². The molecule has 0 saturated carbocycles. The van der Waals surface area contributed by atoms with Crippen molar-refractivity contribution in [3.8, 4) is 0 Å². The molecule has 6 nitrogen and oxygen atoms in total. The van der Waals surface area contributed by atoms with Crippen molar-refractivity contribution in [2.75, 3.05) is 11.1 Å². The average molecular weight is 232 g/mol. The number of primary amides is 1. The Morgan fingerprint density at radius 2 is 2.24 bits per heavy atom. The van der Waals surface area contributed by atoms with Gasteiger partial charge in [-0.15, -0.1) is 0 Å². The Morgan fingerprint density at radius 3 is 2.88 bits per heavy atom. The van der Waals surface area contributed by atoms with Crippen LogP contribution in [0.4, 0.5) is 11.4 Å². The van der Waals surface area contributed by atoms with E-state index in [9.17, 15) is 4.79 Å². The van der Waals surface area contributed by atoms with Gasteiger partial charge in [0.15, 0.2) is 0 Å². The second kappa shape index (κ2) is 4.56. The Labute approximate surface area is 97.6 Å². The highest BCUT2D eigenvalue weighted by molar-refractivity contribution is 5.99. The highest BCUT2D eigenvalue weighted by Gasteiger charge is 2.08. The van der Waals surface area contributed by atoms with Crippen LogP contribution in [-0.2, 0) is 6.54 Å². The monoisotopic (exact) mass is 232 g/mol. The molecule has 0 saturated heterocycles. The molecule has 5 N–H and O–H groups in total. The van der Waals surface area contributed by atoms with E-state index in [1.165, 1.54) is 6.26 Å². The summed E-state index contributed by atoms with van der Waals surface area (Å²) in [4.78, 5) is 11.2. The number of carbonyl (C=O) groups excluding carboxylic acids is 1. The van der Waals surface area contributed by atoms with Gasteiger partial charge in [0.25, 0.3) is 5.91 Å². The van der Waals surface area contributed by atoms with E-state index in [1.807, 2.05) is 0 Å². The van der Waals surface area contributed by atoms with Crippen molar-refractivity contribution in [1.82, 2.24) is 5.16 Å². The van der Waals surface area contributed by atoms with Gasteiger partial charge in [-0.1, -0.05) is 5.16 Å². The first-order valence-electron chi connectivity index (χ1n) is 4.99. The van der Waals surface area contributed by atoms with Crippen molar-refractivity contribution in [1.29, 1.82) is 0 Å². The predicted octanol–water partition coefficient (Wildman–Crippen LogP) is 0.968. The second-order valence-corrected chi connectivity index (χ2v) is 3.51. The van der Waals surface area contributed by atoms with Crippen LogP contribution in [0.15, 0.2) is 35.1 Å². The zero-order valence-corrected chi connectivity index (χ0v) is 9.01. The topological polar surface area (TPSA) is 107 Å². The van der Waals surface area contributed by atoms with Crippen molar-refractivity contribution in [2.45, 2.75) is 6.54 Å². The summed E-state index contributed by atoms with van der Waals surface area (Å²) >= 11 is 0. The maximum Gasteiger partial charge on any atom is 0.250 e. The van der Waals surface area contributed by atoms with Crippen molar-refractivity contribution in [3.63, 3.8) is 0 Å². The average Bonchev–Trinajstić information content (AvgIpc) is 2.78. The Morgan fingerprint density at radius 1 is 1.41 bits per heavy atom. The third-order valence-electron chi connectivity index (χ3n) is 2.26. The molecule has 0 spiro atoms. The van der Waals surface area contributed by atoms with E-state index in [1.54, 1.807) is 24.3 Å². The summed E-state index contributed by atoms with van der Waals surface area (Å²) in [5.74, 6) is -0.507. The van der Waals surface area contributed by atoms with E-state index in [4.69, 9.17) is 16.0 Å². The SMILES string of the molecule is NC(=O)c1ccc(N)cc1NCc1ccon1. The van der Waals surface area contributed by atoms with E-state index in [0.717, 1.165) is 5.69 Å². The molecular formula is C11H12N4O2. The molecule has 6 heteroatoms. The van der Waals surface area contributed by atoms with Crippen LogP contribution in [0.1, 0.15) is 16.1 Å². The van der Waals surface area contributed by atoms with Crippen LogP contribution in [0.25, 0.3) is 0 Å². The highest BCUT2D eigenvalue weighted by Crippen LogP contribution is 2.19. The molecule has 17 heavy (non-hydrogen) atoms. The van der Waals surface area contributed by atoms with Gasteiger partial charge in [0.1, 0.15) is 12.0 Å². The van der Waals surface area contributed by atoms with Crippen LogP contribution in [0.3, 0.4) is 0 Å². The minimum atomic E-state index is -0.507. The molecule has 0 fully saturated rings. The Balaban J connectivity index is 2.19. The van der Waals surface area contributed by atoms with Gasteiger partial charge in [-0.2, -0.15) is 0 Å². The molecule has 0 bridgehead atoms. The number of nitrogen functional groups attached to an aromatic ring is 1. The van der Waals surface area contributed by atoms with Gasteiger partial charge in [-0.05, 0) is 18.2 Å². The number of hydrogen-bond donors (Lipinski definition) is 3. The number of nitrogens with zero attached hydrogens (tertiary/aromatic N) is 1. The molecule has 2 rings (SSSR count). The van der Waals surface area contributed by atoms with Crippen LogP contribution < -0.4 is 16.8 Å². The largest absolute Gasteiger partial charge is 0.399 e. The number of anilines is 2. The van der Waals surface area contributed by atoms with Gasteiger partial charge < -0.3 is 21.3 Å². The molecule has 1 aromatic heterocycles. The van der Waals surface area contributed by atoms with Crippen molar-refractivity contribution >= 4 is 17.3 Å². The molecule has 0 aliphatic heterocycles. The Kier molecular flexibility index (Phi) is 2.95. The fourth-order valence-electron chi connectivity index (χ4n) is 1.44. The first-order valence-corrected chi connectivity index (χ1v) is 4.99. The smallest absolute Gasteiger partial charge is 0.250 e. The Hall–Kier alpha value is -2.50. The lowest BCUT2D eigenvalue weighted by atomic mass is 10.1. The van der Waals surface area contributed by atoms with Gasteiger partial charge in [0.2, 0.25) is 0 Å². The summed E-state index contributed by atoms with van der Waals surface area (Å²) in [6, 6.07) is 6.59. The van der Waals surface area contributed by atoms with Crippen molar-refractivity contribution in [3.05, 3.63) is 41.8 Å². The predicted molar refractivity (Wildman–Crippen MR) is 63.2 cm³/mol. The fraction of sp³-hybridized carbons (Fsp3) is 0.0909. The first-order chi connectivity index (χ1) is 8.16. The molecule has 0 aliphatic carbocycles. The van der Waals surface area contributed by atoms with E-state index in [0.29, 0.717) is 23.5 Å². The Bertz CT molecular complexity index is 522. The van der Waals surface area contributed by atoms with Crippen LogP contribution in [0.2, 0.25) is 0 Å². The minimum absolute atomic E-state index is 0.391. The van der Waals surface area contributed by atoms with Gasteiger partial charge in [-0.25, -0.2) is 0 Å². The van der Waals surface area contributed by atoms with Gasteiger partial charge in [-0.3, -0.25) is 4.79 Å². The zero-order valence-electron chi connectivity index (χ0n) is 9.01. The molecule has 0 unspecified atom stereocenters. The molecule has 0 radical (unpaired) electrons. The number of nitrogens with one attached hydrogen (secondary N) is 1. The summed E-state index contributed by atoms with van der Waals surface area (Å²) in [6.45, 7) is 0.431. The third kappa shape index (κ3) is 2.54. The number of amides is 1. The summed E-state index contributed by atoms with van der Waals surface area (Å²) in [5, 5.41) is 6.78. The standard InChI is InChI=1S/C11H12N4O2/c12-7-1-2-9(11(13)16)10(5-7)14-6-8-3-4-17-15-8/h1-5,14H,6,12H2,(H2,13,16). The van der Waals surface area contributed by atoms with Crippen LogP contribution in [-0.4, -0.2) is 11.1 Å². The number of carbonyl (C=O) groups is 1. The van der Waals surface area contributed by atoms with Crippen LogP contribution in [0.5, 0.6) is 0 Å². The number of nitrogens with two attached hydrogens (primary N) is 2. The zero-order chi connectivity index (χ0) is 12.3. The van der Waals surface area contributed by atoms with Gasteiger partial charge in [0, 0.05) is 17.4 Å². The molecule has 0 aliphatic rings. The number of rotatable bonds is 4.